The van der Waals surface area contributed by atoms with E-state index in [0.717, 1.165) is 32.3 Å². The first-order valence-corrected chi connectivity index (χ1v) is 8.37. The van der Waals surface area contributed by atoms with Gasteiger partial charge in [0.15, 0.2) is 5.13 Å². The highest BCUT2D eigenvalue weighted by molar-refractivity contribution is 9.10. The van der Waals surface area contributed by atoms with Crippen LogP contribution < -0.4 is 5.32 Å². The van der Waals surface area contributed by atoms with Gasteiger partial charge >= 0.3 is 0 Å². The fourth-order valence-electron chi connectivity index (χ4n) is 2.23. The molecular weight excluding hydrogens is 360 g/mol. The second-order valence-electron chi connectivity index (χ2n) is 4.74. The predicted molar refractivity (Wildman–Crippen MR) is 93.7 cm³/mol. The molecule has 0 bridgehead atoms. The Bertz CT molecular complexity index is 927. The molecule has 3 aromatic heterocycles. The topological polar surface area (TPSA) is 42.2 Å². The van der Waals surface area contributed by atoms with E-state index in [1.54, 1.807) is 11.3 Å². The van der Waals surface area contributed by atoms with E-state index >= 15 is 0 Å². The van der Waals surface area contributed by atoms with Gasteiger partial charge in [0.1, 0.15) is 11.3 Å². The first-order valence-electron chi connectivity index (χ1n) is 6.70. The highest BCUT2D eigenvalue weighted by Gasteiger charge is 2.09. The van der Waals surface area contributed by atoms with Crippen LogP contribution >= 0.6 is 27.3 Å². The van der Waals surface area contributed by atoms with Crippen molar-refractivity contribution in [1.29, 1.82) is 0 Å². The van der Waals surface area contributed by atoms with Crippen LogP contribution in [0.4, 0.5) is 10.8 Å². The standard InChI is InChI=1S/C16H11BrN4S/c17-11-4-6-12(7-5-11)19-16-20-13(10-22-16)14-9-18-15-3-1-2-8-21(14)15/h1-10H,(H,19,20). The molecule has 0 saturated carbocycles. The van der Waals surface area contributed by atoms with E-state index in [1.807, 2.05) is 64.6 Å². The molecule has 0 saturated heterocycles. The van der Waals surface area contributed by atoms with Crippen LogP contribution in [0.25, 0.3) is 17.0 Å². The van der Waals surface area contributed by atoms with Crippen molar-refractivity contribution in [2.24, 2.45) is 0 Å². The smallest absolute Gasteiger partial charge is 0.187 e. The number of thiazole rings is 1. The number of hydrogen-bond acceptors (Lipinski definition) is 4. The van der Waals surface area contributed by atoms with Crippen molar-refractivity contribution in [3.8, 4) is 11.4 Å². The fraction of sp³-hybridized carbons (Fsp3) is 0. The van der Waals surface area contributed by atoms with Crippen LogP contribution in [-0.2, 0) is 0 Å². The van der Waals surface area contributed by atoms with E-state index in [0.29, 0.717) is 0 Å². The number of nitrogens with one attached hydrogen (secondary N) is 1. The summed E-state index contributed by atoms with van der Waals surface area (Å²) in [6.45, 7) is 0. The Morgan fingerprint density at radius 1 is 1.09 bits per heavy atom. The van der Waals surface area contributed by atoms with Gasteiger partial charge in [0.25, 0.3) is 0 Å². The number of pyridine rings is 1. The second-order valence-corrected chi connectivity index (χ2v) is 6.52. The van der Waals surface area contributed by atoms with Gasteiger partial charge in [0.05, 0.1) is 11.9 Å². The first kappa shape index (κ1) is 13.5. The van der Waals surface area contributed by atoms with E-state index in [4.69, 9.17) is 0 Å². The molecule has 0 spiro atoms. The van der Waals surface area contributed by atoms with Gasteiger partial charge in [-0.3, -0.25) is 4.40 Å². The first-order chi connectivity index (χ1) is 10.8. The van der Waals surface area contributed by atoms with E-state index < -0.39 is 0 Å². The Morgan fingerprint density at radius 2 is 1.95 bits per heavy atom. The van der Waals surface area contributed by atoms with Gasteiger partial charge in [-0.15, -0.1) is 11.3 Å². The number of imidazole rings is 1. The fourth-order valence-corrected chi connectivity index (χ4v) is 3.22. The number of rotatable bonds is 3. The molecule has 108 valence electrons. The lowest BCUT2D eigenvalue weighted by Crippen LogP contribution is -1.90. The summed E-state index contributed by atoms with van der Waals surface area (Å²) in [5.41, 5.74) is 3.86. The minimum Gasteiger partial charge on any atom is -0.332 e. The number of halogens is 1. The minimum absolute atomic E-state index is 0.864. The van der Waals surface area contributed by atoms with Crippen LogP contribution in [0.15, 0.2) is 64.7 Å². The van der Waals surface area contributed by atoms with Gasteiger partial charge in [-0.05, 0) is 36.4 Å². The summed E-state index contributed by atoms with van der Waals surface area (Å²) in [5.74, 6) is 0. The lowest BCUT2D eigenvalue weighted by Gasteiger charge is -2.02. The average molecular weight is 371 g/mol. The predicted octanol–water partition coefficient (Wildman–Crippen LogP) is 4.96. The lowest BCUT2D eigenvalue weighted by molar-refractivity contribution is 1.18. The number of nitrogens with zero attached hydrogens (tertiary/aromatic N) is 3. The average Bonchev–Trinajstić information content (AvgIpc) is 3.16. The summed E-state index contributed by atoms with van der Waals surface area (Å²) in [4.78, 5) is 9.06. The molecule has 6 heteroatoms. The van der Waals surface area contributed by atoms with Crippen molar-refractivity contribution < 1.29 is 0 Å². The number of hydrogen-bond donors (Lipinski definition) is 1. The van der Waals surface area contributed by atoms with Crippen LogP contribution in [0.2, 0.25) is 0 Å². The Kier molecular flexibility index (Phi) is 3.40. The van der Waals surface area contributed by atoms with Gasteiger partial charge in [-0.2, -0.15) is 0 Å². The summed E-state index contributed by atoms with van der Waals surface area (Å²) in [6, 6.07) is 14.0. The molecule has 1 aromatic carbocycles. The summed E-state index contributed by atoms with van der Waals surface area (Å²) in [6.07, 6.45) is 3.85. The summed E-state index contributed by atoms with van der Waals surface area (Å²) in [5, 5.41) is 6.22. The van der Waals surface area contributed by atoms with Crippen molar-refractivity contribution >= 4 is 43.7 Å². The minimum atomic E-state index is 0.864. The van der Waals surface area contributed by atoms with Crippen LogP contribution in [0.3, 0.4) is 0 Å². The molecule has 0 aliphatic heterocycles. The van der Waals surface area contributed by atoms with Gasteiger partial charge in [0.2, 0.25) is 0 Å². The highest BCUT2D eigenvalue weighted by atomic mass is 79.9. The Labute approximate surface area is 139 Å². The van der Waals surface area contributed by atoms with E-state index in [-0.39, 0.29) is 0 Å². The molecule has 0 radical (unpaired) electrons. The monoisotopic (exact) mass is 370 g/mol. The van der Waals surface area contributed by atoms with Crippen LogP contribution in [0.1, 0.15) is 0 Å². The molecule has 4 nitrogen and oxygen atoms in total. The molecule has 3 heterocycles. The van der Waals surface area contributed by atoms with E-state index in [2.05, 4.69) is 31.2 Å². The third-order valence-electron chi connectivity index (χ3n) is 3.28. The number of aromatic nitrogens is 3. The van der Waals surface area contributed by atoms with Crippen LogP contribution in [0.5, 0.6) is 0 Å². The summed E-state index contributed by atoms with van der Waals surface area (Å²) in [7, 11) is 0. The Balaban J connectivity index is 1.65. The maximum atomic E-state index is 4.66. The molecule has 4 aromatic rings. The molecule has 0 aliphatic rings. The van der Waals surface area contributed by atoms with Gasteiger partial charge in [-0.1, -0.05) is 22.0 Å². The van der Waals surface area contributed by atoms with Gasteiger partial charge < -0.3 is 5.32 Å². The van der Waals surface area contributed by atoms with Crippen molar-refractivity contribution in [2.75, 3.05) is 5.32 Å². The van der Waals surface area contributed by atoms with Crippen LogP contribution in [-0.4, -0.2) is 14.4 Å². The lowest BCUT2D eigenvalue weighted by atomic mass is 10.3. The molecule has 0 amide bonds. The molecule has 1 N–H and O–H groups in total. The maximum Gasteiger partial charge on any atom is 0.187 e. The largest absolute Gasteiger partial charge is 0.332 e. The Hall–Kier alpha value is -2.18. The quantitative estimate of drug-likeness (QED) is 0.553. The number of anilines is 2. The molecule has 0 aliphatic carbocycles. The number of benzene rings is 1. The highest BCUT2D eigenvalue weighted by Crippen LogP contribution is 2.28. The molecular formula is C16H11BrN4S. The third-order valence-corrected chi connectivity index (χ3v) is 4.57. The van der Waals surface area contributed by atoms with E-state index in [9.17, 15) is 0 Å². The molecule has 0 atom stereocenters. The molecule has 0 unspecified atom stereocenters. The summed E-state index contributed by atoms with van der Waals surface area (Å²) >= 11 is 5.01. The van der Waals surface area contributed by atoms with Crippen molar-refractivity contribution in [3.05, 3.63) is 64.7 Å². The number of fused-ring (bicyclic) bond motifs is 1. The molecule has 4 rings (SSSR count). The normalized spacial score (nSPS) is 11.0. The SMILES string of the molecule is Brc1ccc(Nc2nc(-c3cnc4ccccn34)cs2)cc1. The third kappa shape index (κ3) is 2.51. The van der Waals surface area contributed by atoms with Gasteiger partial charge in [-0.25, -0.2) is 9.97 Å². The maximum absolute atomic E-state index is 4.66. The van der Waals surface area contributed by atoms with Crippen LogP contribution in [0, 0.1) is 0 Å². The second kappa shape index (κ2) is 5.55. The van der Waals surface area contributed by atoms with Gasteiger partial charge in [0, 0.05) is 21.7 Å². The zero-order valence-electron chi connectivity index (χ0n) is 11.4. The van der Waals surface area contributed by atoms with Crippen molar-refractivity contribution in [1.82, 2.24) is 14.4 Å². The van der Waals surface area contributed by atoms with E-state index in [1.165, 1.54) is 0 Å². The van der Waals surface area contributed by atoms with Crippen molar-refractivity contribution in [3.63, 3.8) is 0 Å². The summed E-state index contributed by atoms with van der Waals surface area (Å²) < 4.78 is 3.10. The van der Waals surface area contributed by atoms with Crippen molar-refractivity contribution in [2.45, 2.75) is 0 Å². The zero-order chi connectivity index (χ0) is 14.9. The molecule has 0 fully saturated rings. The molecule has 22 heavy (non-hydrogen) atoms. The zero-order valence-corrected chi connectivity index (χ0v) is 13.8. The Morgan fingerprint density at radius 3 is 2.82 bits per heavy atom.